The Labute approximate surface area is 141 Å². The van der Waals surface area contributed by atoms with E-state index in [1.165, 1.54) is 10.9 Å². The average molecular weight is 349 g/mol. The fourth-order valence-corrected chi connectivity index (χ4v) is 5.01. The molecule has 1 fully saturated rings. The summed E-state index contributed by atoms with van der Waals surface area (Å²) in [4.78, 5) is 15.0. The van der Waals surface area contributed by atoms with E-state index < -0.39 is 9.84 Å². The summed E-state index contributed by atoms with van der Waals surface area (Å²) in [5.74, 6) is 0.478. The molecule has 7 heteroatoms. The average Bonchev–Trinajstić information content (AvgIpc) is 3.13. The molecule has 6 nitrogen and oxygen atoms in total. The van der Waals surface area contributed by atoms with Crippen LogP contribution in [0.3, 0.4) is 0 Å². The van der Waals surface area contributed by atoms with Crippen molar-refractivity contribution in [1.82, 2.24) is 15.6 Å². The lowest BCUT2D eigenvalue weighted by Crippen LogP contribution is -2.39. The minimum atomic E-state index is -2.88. The van der Waals surface area contributed by atoms with Crippen molar-refractivity contribution in [2.75, 3.05) is 24.6 Å². The van der Waals surface area contributed by atoms with E-state index in [4.69, 9.17) is 0 Å². The first kappa shape index (κ1) is 16.8. The summed E-state index contributed by atoms with van der Waals surface area (Å²) in [5, 5.41) is 6.82. The van der Waals surface area contributed by atoms with Crippen LogP contribution in [0.4, 0.5) is 4.79 Å². The lowest BCUT2D eigenvalue weighted by Gasteiger charge is -2.10. The third-order valence-electron chi connectivity index (χ3n) is 4.46. The number of nitrogens with one attached hydrogen (secondary N) is 3. The Morgan fingerprint density at radius 3 is 2.88 bits per heavy atom. The summed E-state index contributed by atoms with van der Waals surface area (Å²) in [5.41, 5.74) is 2.38. The summed E-state index contributed by atoms with van der Waals surface area (Å²) in [6.45, 7) is 1.02. The van der Waals surface area contributed by atoms with Crippen LogP contribution in [-0.2, 0) is 16.3 Å². The number of benzene rings is 1. The number of aromatic amines is 1. The maximum Gasteiger partial charge on any atom is 0.314 e. The molecule has 0 bridgehead atoms. The lowest BCUT2D eigenvalue weighted by molar-refractivity contribution is 0.239. The molecule has 0 saturated carbocycles. The van der Waals surface area contributed by atoms with Gasteiger partial charge in [-0.15, -0.1) is 0 Å². The maximum absolute atomic E-state index is 11.8. The second-order valence-electron chi connectivity index (χ2n) is 6.37. The molecule has 1 aromatic heterocycles. The quantitative estimate of drug-likeness (QED) is 0.695. The van der Waals surface area contributed by atoms with E-state index in [9.17, 15) is 13.2 Å². The third kappa shape index (κ3) is 4.29. The van der Waals surface area contributed by atoms with Crippen LogP contribution in [0.15, 0.2) is 30.5 Å². The highest BCUT2D eigenvalue weighted by Gasteiger charge is 2.27. The zero-order chi connectivity index (χ0) is 17.0. The predicted octanol–water partition coefficient (Wildman–Crippen LogP) is 1.83. The highest BCUT2D eigenvalue weighted by Crippen LogP contribution is 2.19. The van der Waals surface area contributed by atoms with Gasteiger partial charge in [-0.2, -0.15) is 0 Å². The first-order chi connectivity index (χ1) is 11.5. The number of sulfone groups is 1. The van der Waals surface area contributed by atoms with Crippen molar-refractivity contribution in [3.8, 4) is 0 Å². The minimum absolute atomic E-state index is 0.0481. The Morgan fingerprint density at radius 2 is 2.08 bits per heavy atom. The number of H-pyrrole nitrogens is 1. The highest BCUT2D eigenvalue weighted by atomic mass is 32.2. The molecule has 1 saturated heterocycles. The molecule has 2 heterocycles. The zero-order valence-corrected chi connectivity index (χ0v) is 14.4. The van der Waals surface area contributed by atoms with Gasteiger partial charge in [-0.05, 0) is 36.8 Å². The number of para-hydroxylation sites is 1. The molecule has 0 unspecified atom stereocenters. The molecule has 1 aliphatic rings. The number of aryl methyl sites for hydroxylation is 1. The fourth-order valence-electron chi connectivity index (χ4n) is 3.15. The van der Waals surface area contributed by atoms with Crippen LogP contribution in [0.5, 0.6) is 0 Å². The second-order valence-corrected chi connectivity index (χ2v) is 8.60. The molecule has 3 N–H and O–H groups in total. The molecule has 1 atom stereocenters. The lowest BCUT2D eigenvalue weighted by atomic mass is 10.1. The van der Waals surface area contributed by atoms with Crippen molar-refractivity contribution in [3.63, 3.8) is 0 Å². The van der Waals surface area contributed by atoms with E-state index in [-0.39, 0.29) is 23.5 Å². The van der Waals surface area contributed by atoms with Gasteiger partial charge in [-0.1, -0.05) is 18.2 Å². The van der Waals surface area contributed by atoms with E-state index in [1.54, 1.807) is 0 Å². The highest BCUT2D eigenvalue weighted by molar-refractivity contribution is 7.91. The molecule has 1 aromatic carbocycles. The number of urea groups is 1. The zero-order valence-electron chi connectivity index (χ0n) is 13.5. The van der Waals surface area contributed by atoms with Gasteiger partial charge in [0.2, 0.25) is 0 Å². The van der Waals surface area contributed by atoms with Crippen LogP contribution in [0.1, 0.15) is 18.4 Å². The van der Waals surface area contributed by atoms with Crippen molar-refractivity contribution >= 4 is 26.8 Å². The molecule has 2 aromatic rings. The van der Waals surface area contributed by atoms with Crippen LogP contribution in [-0.4, -0.2) is 44.0 Å². The Bertz CT molecular complexity index is 813. The number of hydrogen-bond acceptors (Lipinski definition) is 3. The largest absolute Gasteiger partial charge is 0.361 e. The summed E-state index contributed by atoms with van der Waals surface area (Å²) < 4.78 is 22.7. The van der Waals surface area contributed by atoms with Gasteiger partial charge in [0.25, 0.3) is 0 Å². The monoisotopic (exact) mass is 349 g/mol. The number of carbonyl (C=O) groups is 1. The van der Waals surface area contributed by atoms with E-state index in [0.29, 0.717) is 19.5 Å². The smallest absolute Gasteiger partial charge is 0.314 e. The molecule has 130 valence electrons. The minimum Gasteiger partial charge on any atom is -0.361 e. The summed E-state index contributed by atoms with van der Waals surface area (Å²) in [7, 11) is -2.88. The first-order valence-electron chi connectivity index (χ1n) is 8.30. The van der Waals surface area contributed by atoms with Crippen LogP contribution < -0.4 is 10.6 Å². The van der Waals surface area contributed by atoms with Gasteiger partial charge in [0.15, 0.2) is 9.84 Å². The van der Waals surface area contributed by atoms with Crippen LogP contribution in [0, 0.1) is 5.92 Å². The van der Waals surface area contributed by atoms with Gasteiger partial charge in [0.1, 0.15) is 0 Å². The van der Waals surface area contributed by atoms with Crippen molar-refractivity contribution < 1.29 is 13.2 Å². The Balaban J connectivity index is 1.35. The molecule has 2 amide bonds. The van der Waals surface area contributed by atoms with Gasteiger partial charge in [0, 0.05) is 30.2 Å². The first-order valence-corrected chi connectivity index (χ1v) is 10.1. The van der Waals surface area contributed by atoms with Crippen LogP contribution in [0.25, 0.3) is 10.9 Å². The summed E-state index contributed by atoms with van der Waals surface area (Å²) >= 11 is 0. The number of fused-ring (bicyclic) bond motifs is 1. The third-order valence-corrected chi connectivity index (χ3v) is 6.30. The van der Waals surface area contributed by atoms with Crippen LogP contribution in [0.2, 0.25) is 0 Å². The number of hydrogen-bond donors (Lipinski definition) is 3. The predicted molar refractivity (Wildman–Crippen MR) is 94.8 cm³/mol. The molecule has 0 radical (unpaired) electrons. The topological polar surface area (TPSA) is 91.1 Å². The van der Waals surface area contributed by atoms with E-state index in [0.717, 1.165) is 18.4 Å². The van der Waals surface area contributed by atoms with Crippen molar-refractivity contribution in [1.29, 1.82) is 0 Å². The SMILES string of the molecule is O=C(NCCCc1c[nH]c2ccccc12)NC[C@@H]1CCS(=O)(=O)C1. The number of aromatic nitrogens is 1. The number of rotatable bonds is 6. The number of carbonyl (C=O) groups excluding carboxylic acids is 1. The molecule has 1 aliphatic heterocycles. The molecular formula is C17H23N3O3S. The van der Waals surface area contributed by atoms with E-state index in [1.807, 2.05) is 24.4 Å². The summed E-state index contributed by atoms with van der Waals surface area (Å²) in [6, 6.07) is 7.95. The van der Waals surface area contributed by atoms with Gasteiger partial charge < -0.3 is 15.6 Å². The van der Waals surface area contributed by atoms with Crippen molar-refractivity contribution in [3.05, 3.63) is 36.0 Å². The fraction of sp³-hybridized carbons (Fsp3) is 0.471. The Morgan fingerprint density at radius 1 is 1.25 bits per heavy atom. The molecule has 3 rings (SSSR count). The van der Waals surface area contributed by atoms with Gasteiger partial charge >= 0.3 is 6.03 Å². The van der Waals surface area contributed by atoms with Crippen LogP contribution >= 0.6 is 0 Å². The molecule has 0 aliphatic carbocycles. The normalized spacial score (nSPS) is 19.4. The van der Waals surface area contributed by atoms with E-state index >= 15 is 0 Å². The molecular weight excluding hydrogens is 326 g/mol. The van der Waals surface area contributed by atoms with Crippen molar-refractivity contribution in [2.24, 2.45) is 5.92 Å². The number of amides is 2. The molecule has 24 heavy (non-hydrogen) atoms. The van der Waals surface area contributed by atoms with Gasteiger partial charge in [0.05, 0.1) is 11.5 Å². The Kier molecular flexibility index (Phi) is 5.08. The van der Waals surface area contributed by atoms with Gasteiger partial charge in [-0.25, -0.2) is 13.2 Å². The van der Waals surface area contributed by atoms with Gasteiger partial charge in [-0.3, -0.25) is 0 Å². The standard InChI is InChI=1S/C17H23N3O3S/c21-17(20-10-13-7-9-24(22,23)12-13)18-8-3-4-14-11-19-16-6-2-1-5-15(14)16/h1-2,5-6,11,13,19H,3-4,7-10,12H2,(H2,18,20,21)/t13-/m0/s1. The molecule has 0 spiro atoms. The second kappa shape index (κ2) is 7.25. The summed E-state index contributed by atoms with van der Waals surface area (Å²) in [6.07, 6.45) is 4.41. The maximum atomic E-state index is 11.8. The van der Waals surface area contributed by atoms with Crippen molar-refractivity contribution in [2.45, 2.75) is 19.3 Å². The van der Waals surface area contributed by atoms with E-state index in [2.05, 4.69) is 21.7 Å². The Hall–Kier alpha value is -2.02.